The van der Waals surface area contributed by atoms with E-state index in [-0.39, 0.29) is 4.90 Å². The highest BCUT2D eigenvalue weighted by Gasteiger charge is 2.10. The molecule has 0 radical (unpaired) electrons. The van der Waals surface area contributed by atoms with Gasteiger partial charge >= 0.3 is 0 Å². The minimum absolute atomic E-state index is 0.160. The smallest absolute Gasteiger partial charge is 0.176 e. The first-order valence-corrected chi connectivity index (χ1v) is 5.41. The topological polar surface area (TPSA) is 66.7 Å². The Hall–Kier alpha value is -1.36. The van der Waals surface area contributed by atoms with Gasteiger partial charge in [0.25, 0.3) is 0 Å². The van der Waals surface area contributed by atoms with Crippen LogP contribution >= 0.6 is 0 Å². The average Bonchev–Trinajstić information content (AvgIpc) is 2.04. The minimum atomic E-state index is -3.26. The van der Waals surface area contributed by atoms with Crippen molar-refractivity contribution in [2.24, 2.45) is 5.16 Å². The molecule has 0 heterocycles. The fourth-order valence-electron chi connectivity index (χ4n) is 0.987. The van der Waals surface area contributed by atoms with E-state index in [4.69, 9.17) is 5.21 Å². The van der Waals surface area contributed by atoms with Gasteiger partial charge in [-0.3, -0.25) is 0 Å². The Morgan fingerprint density at radius 1 is 1.38 bits per heavy atom. The maximum Gasteiger partial charge on any atom is 0.176 e. The van der Waals surface area contributed by atoms with Gasteiger partial charge in [-0.05, 0) is 6.07 Å². The molecule has 1 aromatic carbocycles. The van der Waals surface area contributed by atoms with Crippen LogP contribution in [-0.4, -0.2) is 26.1 Å². The van der Waals surface area contributed by atoms with E-state index in [1.54, 1.807) is 18.2 Å². The lowest BCUT2D eigenvalue weighted by Gasteiger charge is -2.00. The van der Waals surface area contributed by atoms with Gasteiger partial charge in [0, 0.05) is 11.8 Å². The van der Waals surface area contributed by atoms with Crippen molar-refractivity contribution in [2.75, 3.05) is 6.26 Å². The highest BCUT2D eigenvalue weighted by molar-refractivity contribution is 7.90. The Balaban J connectivity index is 3.37. The lowest BCUT2D eigenvalue weighted by molar-refractivity contribution is 0.322. The van der Waals surface area contributed by atoms with E-state index in [9.17, 15) is 8.42 Å². The summed E-state index contributed by atoms with van der Waals surface area (Å²) in [7, 11) is -3.26. The Bertz CT molecular complexity index is 423. The number of benzene rings is 1. The van der Waals surface area contributed by atoms with Gasteiger partial charge in [0.05, 0.1) is 11.1 Å². The van der Waals surface area contributed by atoms with E-state index in [2.05, 4.69) is 5.16 Å². The number of rotatable bonds is 2. The molecule has 0 spiro atoms. The first-order valence-electron chi connectivity index (χ1n) is 3.52. The molecule has 0 aliphatic rings. The molecule has 0 saturated heterocycles. The molecule has 0 atom stereocenters. The standard InChI is InChI=1S/C8H9NO3S/c1-13(11,12)8-5-3-2-4-7(8)6-9-10/h2-6,10H,1H3/b9-6+. The maximum atomic E-state index is 11.2. The van der Waals surface area contributed by atoms with Gasteiger partial charge in [-0.2, -0.15) is 0 Å². The average molecular weight is 199 g/mol. The van der Waals surface area contributed by atoms with Crippen molar-refractivity contribution >= 4 is 16.1 Å². The lowest BCUT2D eigenvalue weighted by Crippen LogP contribution is -2.01. The molecular weight excluding hydrogens is 190 g/mol. The third-order valence-electron chi connectivity index (χ3n) is 1.52. The molecule has 0 aromatic heterocycles. The zero-order valence-electron chi connectivity index (χ0n) is 7.01. The molecule has 0 bridgehead atoms. The van der Waals surface area contributed by atoms with Crippen LogP contribution in [0.1, 0.15) is 5.56 Å². The number of sulfone groups is 1. The van der Waals surface area contributed by atoms with Crippen LogP contribution in [0, 0.1) is 0 Å². The van der Waals surface area contributed by atoms with Crippen molar-refractivity contribution < 1.29 is 13.6 Å². The summed E-state index contributed by atoms with van der Waals surface area (Å²) in [6.45, 7) is 0. The summed E-state index contributed by atoms with van der Waals surface area (Å²) in [5.74, 6) is 0. The third-order valence-corrected chi connectivity index (χ3v) is 2.69. The summed E-state index contributed by atoms with van der Waals surface area (Å²) < 4.78 is 22.4. The molecular formula is C8H9NO3S. The quantitative estimate of drug-likeness (QED) is 0.437. The van der Waals surface area contributed by atoms with Gasteiger partial charge in [0.15, 0.2) is 9.84 Å². The molecule has 0 aliphatic carbocycles. The number of nitrogens with zero attached hydrogens (tertiary/aromatic N) is 1. The molecule has 70 valence electrons. The number of oxime groups is 1. The zero-order valence-corrected chi connectivity index (χ0v) is 7.82. The number of hydrogen-bond acceptors (Lipinski definition) is 4. The van der Waals surface area contributed by atoms with Crippen molar-refractivity contribution in [3.05, 3.63) is 29.8 Å². The summed E-state index contributed by atoms with van der Waals surface area (Å²) in [6.07, 6.45) is 2.20. The van der Waals surface area contributed by atoms with Crippen LogP contribution in [0.2, 0.25) is 0 Å². The second kappa shape index (κ2) is 3.57. The highest BCUT2D eigenvalue weighted by Crippen LogP contribution is 2.12. The second-order valence-corrected chi connectivity index (χ2v) is 4.54. The van der Waals surface area contributed by atoms with Crippen molar-refractivity contribution in [3.8, 4) is 0 Å². The normalized spacial score (nSPS) is 12.1. The molecule has 4 nitrogen and oxygen atoms in total. The van der Waals surface area contributed by atoms with Crippen molar-refractivity contribution in [2.45, 2.75) is 4.90 Å². The van der Waals surface area contributed by atoms with E-state index in [1.807, 2.05) is 0 Å². The Morgan fingerprint density at radius 2 is 2.00 bits per heavy atom. The van der Waals surface area contributed by atoms with E-state index < -0.39 is 9.84 Å². The summed E-state index contributed by atoms with van der Waals surface area (Å²) in [5.41, 5.74) is 0.382. The van der Waals surface area contributed by atoms with E-state index in [0.29, 0.717) is 5.56 Å². The minimum Gasteiger partial charge on any atom is -0.411 e. The summed E-state index contributed by atoms with van der Waals surface area (Å²) >= 11 is 0. The van der Waals surface area contributed by atoms with Gasteiger partial charge < -0.3 is 5.21 Å². The predicted octanol–water partition coefficient (Wildman–Crippen LogP) is 0.898. The lowest BCUT2D eigenvalue weighted by atomic mass is 10.2. The van der Waals surface area contributed by atoms with Crippen LogP contribution in [0.5, 0.6) is 0 Å². The maximum absolute atomic E-state index is 11.2. The van der Waals surface area contributed by atoms with Crippen molar-refractivity contribution in [3.63, 3.8) is 0 Å². The van der Waals surface area contributed by atoms with Gasteiger partial charge in [-0.1, -0.05) is 23.4 Å². The number of hydrogen-bond donors (Lipinski definition) is 1. The SMILES string of the molecule is CS(=O)(=O)c1ccccc1/C=N/O. The van der Waals surface area contributed by atoms with Crippen LogP contribution in [0.3, 0.4) is 0 Å². The first-order chi connectivity index (χ1) is 6.05. The van der Waals surface area contributed by atoms with Gasteiger partial charge in [-0.15, -0.1) is 0 Å². The summed E-state index contributed by atoms with van der Waals surface area (Å²) in [4.78, 5) is 0.160. The Morgan fingerprint density at radius 3 is 2.54 bits per heavy atom. The van der Waals surface area contributed by atoms with Gasteiger partial charge in [0.1, 0.15) is 0 Å². The fraction of sp³-hybridized carbons (Fsp3) is 0.125. The van der Waals surface area contributed by atoms with Crippen LogP contribution in [-0.2, 0) is 9.84 Å². The van der Waals surface area contributed by atoms with E-state index in [1.165, 1.54) is 6.07 Å². The van der Waals surface area contributed by atoms with Crippen molar-refractivity contribution in [1.82, 2.24) is 0 Å². The summed E-state index contributed by atoms with van der Waals surface area (Å²) in [5, 5.41) is 11.1. The third kappa shape index (κ3) is 2.29. The van der Waals surface area contributed by atoms with E-state index >= 15 is 0 Å². The fourth-order valence-corrected chi connectivity index (χ4v) is 1.86. The molecule has 1 rings (SSSR count). The monoisotopic (exact) mass is 199 g/mol. The molecule has 1 aromatic rings. The predicted molar refractivity (Wildman–Crippen MR) is 48.9 cm³/mol. The van der Waals surface area contributed by atoms with E-state index in [0.717, 1.165) is 12.5 Å². The molecule has 0 unspecified atom stereocenters. The molecule has 5 heteroatoms. The largest absolute Gasteiger partial charge is 0.411 e. The summed E-state index contributed by atoms with van der Waals surface area (Å²) in [6, 6.07) is 6.32. The zero-order chi connectivity index (χ0) is 9.90. The second-order valence-electron chi connectivity index (χ2n) is 2.55. The van der Waals surface area contributed by atoms with Crippen LogP contribution in [0.15, 0.2) is 34.3 Å². The van der Waals surface area contributed by atoms with Crippen LogP contribution in [0.4, 0.5) is 0 Å². The molecule has 0 saturated carbocycles. The van der Waals surface area contributed by atoms with Crippen LogP contribution in [0.25, 0.3) is 0 Å². The first kappa shape index (κ1) is 9.73. The molecule has 1 N–H and O–H groups in total. The highest BCUT2D eigenvalue weighted by atomic mass is 32.2. The molecule has 13 heavy (non-hydrogen) atoms. The van der Waals surface area contributed by atoms with Crippen LogP contribution < -0.4 is 0 Å². The van der Waals surface area contributed by atoms with Gasteiger partial charge in [0.2, 0.25) is 0 Å². The molecule has 0 fully saturated rings. The van der Waals surface area contributed by atoms with Gasteiger partial charge in [-0.25, -0.2) is 8.42 Å². The Kier molecular flexibility index (Phi) is 2.67. The van der Waals surface area contributed by atoms with Crippen molar-refractivity contribution in [1.29, 1.82) is 0 Å². The molecule has 0 aliphatic heterocycles. The Labute approximate surface area is 76.4 Å². The molecule has 0 amide bonds.